The van der Waals surface area contributed by atoms with E-state index in [2.05, 4.69) is 10.2 Å². The first-order valence-electron chi connectivity index (χ1n) is 9.49. The Morgan fingerprint density at radius 2 is 1.25 bits per heavy atom. The molecule has 0 aromatic heterocycles. The standard InChI is InChI=1S/C13H23N2O2P.3C2H6/c1-3-10-14-18(16,15-11-4-2)17-12-13-8-6-5-7-9-13;3*1-2/h5-9H,3-4,10-12H2,1-2H3,(H2,14,15,16);3*1-2H3. The van der Waals surface area contributed by atoms with Gasteiger partial charge in [0.2, 0.25) is 0 Å². The molecule has 0 heterocycles. The molecule has 0 spiro atoms. The maximum absolute atomic E-state index is 12.5. The van der Waals surface area contributed by atoms with Crippen molar-refractivity contribution in [3.63, 3.8) is 0 Å². The number of hydrogen-bond donors (Lipinski definition) is 2. The summed E-state index contributed by atoms with van der Waals surface area (Å²) < 4.78 is 18.0. The smallest absolute Gasteiger partial charge is 0.301 e. The summed E-state index contributed by atoms with van der Waals surface area (Å²) in [5, 5.41) is 5.95. The van der Waals surface area contributed by atoms with Gasteiger partial charge in [-0.3, -0.25) is 4.57 Å². The van der Waals surface area contributed by atoms with Crippen LogP contribution in [0, 0.1) is 0 Å². The molecule has 5 heteroatoms. The average Bonchev–Trinajstić information content (AvgIpc) is 2.69. The van der Waals surface area contributed by atoms with E-state index in [1.165, 1.54) is 0 Å². The van der Waals surface area contributed by atoms with Crippen LogP contribution in [-0.2, 0) is 15.7 Å². The van der Waals surface area contributed by atoms with Crippen LogP contribution in [0.2, 0.25) is 0 Å². The fourth-order valence-corrected chi connectivity index (χ4v) is 3.07. The maximum Gasteiger partial charge on any atom is 0.341 e. The largest absolute Gasteiger partial charge is 0.341 e. The number of nitrogens with one attached hydrogen (secondary N) is 2. The van der Waals surface area contributed by atoms with E-state index in [0.717, 1.165) is 18.4 Å². The number of benzene rings is 1. The normalized spacial score (nSPS) is 9.50. The quantitative estimate of drug-likeness (QED) is 0.501. The van der Waals surface area contributed by atoms with Crippen LogP contribution in [0.25, 0.3) is 0 Å². The zero-order valence-electron chi connectivity index (χ0n) is 17.2. The van der Waals surface area contributed by atoms with Crippen molar-refractivity contribution in [2.75, 3.05) is 13.1 Å². The molecule has 1 aromatic rings. The van der Waals surface area contributed by atoms with Gasteiger partial charge in [-0.2, -0.15) is 0 Å². The molecule has 0 aliphatic carbocycles. The van der Waals surface area contributed by atoms with Crippen LogP contribution in [-0.4, -0.2) is 13.1 Å². The number of rotatable bonds is 9. The van der Waals surface area contributed by atoms with Gasteiger partial charge in [0.05, 0.1) is 6.61 Å². The van der Waals surface area contributed by atoms with Crippen molar-refractivity contribution >= 4 is 7.67 Å². The maximum atomic E-state index is 12.5. The highest BCUT2D eigenvalue weighted by Gasteiger charge is 2.20. The van der Waals surface area contributed by atoms with Gasteiger partial charge < -0.3 is 4.52 Å². The molecule has 0 fully saturated rings. The van der Waals surface area contributed by atoms with Crippen LogP contribution in [0.1, 0.15) is 73.8 Å². The molecular weight excluding hydrogens is 319 g/mol. The highest BCUT2D eigenvalue weighted by Crippen LogP contribution is 2.38. The third kappa shape index (κ3) is 16.2. The van der Waals surface area contributed by atoms with Crippen molar-refractivity contribution in [1.29, 1.82) is 0 Å². The summed E-state index contributed by atoms with van der Waals surface area (Å²) in [6.07, 6.45) is 1.85. The minimum Gasteiger partial charge on any atom is -0.301 e. The van der Waals surface area contributed by atoms with Crippen molar-refractivity contribution in [2.45, 2.75) is 74.8 Å². The summed E-state index contributed by atoms with van der Waals surface area (Å²) in [4.78, 5) is 0. The SMILES string of the molecule is CC.CC.CC.CCCNP(=O)(NCCC)OCc1ccccc1. The zero-order chi connectivity index (χ0) is 19.3. The molecule has 0 bridgehead atoms. The Labute approximate surface area is 151 Å². The van der Waals surface area contributed by atoms with Gasteiger partial charge in [-0.1, -0.05) is 85.7 Å². The molecule has 24 heavy (non-hydrogen) atoms. The first-order valence-corrected chi connectivity index (χ1v) is 11.1. The Kier molecular flexibility index (Phi) is 26.2. The molecule has 0 amide bonds. The van der Waals surface area contributed by atoms with Gasteiger partial charge >= 0.3 is 7.67 Å². The Hall–Kier alpha value is -0.670. The minimum absolute atomic E-state index is 0.353. The fraction of sp³-hybridized carbons (Fsp3) is 0.684. The van der Waals surface area contributed by atoms with E-state index < -0.39 is 7.67 Å². The van der Waals surface area contributed by atoms with E-state index in [-0.39, 0.29) is 0 Å². The minimum atomic E-state index is -2.92. The predicted octanol–water partition coefficient (Wildman–Crippen LogP) is 6.39. The third-order valence-corrected chi connectivity index (χ3v) is 4.17. The summed E-state index contributed by atoms with van der Waals surface area (Å²) in [5.41, 5.74) is 1.02. The Bertz CT molecular complexity index is 361. The van der Waals surface area contributed by atoms with Gasteiger partial charge in [0.1, 0.15) is 0 Å². The Morgan fingerprint density at radius 1 is 0.833 bits per heavy atom. The first kappa shape index (κ1) is 28.1. The second-order valence-corrected chi connectivity index (χ2v) is 6.12. The van der Waals surface area contributed by atoms with E-state index in [4.69, 9.17) is 4.52 Å². The molecule has 144 valence electrons. The highest BCUT2D eigenvalue weighted by molar-refractivity contribution is 7.54. The second-order valence-electron chi connectivity index (χ2n) is 4.13. The number of hydrogen-bond acceptors (Lipinski definition) is 2. The first-order chi connectivity index (χ1) is 11.7. The Morgan fingerprint density at radius 3 is 1.62 bits per heavy atom. The molecular formula is C19H41N2O2P. The summed E-state index contributed by atoms with van der Waals surface area (Å²) in [7, 11) is -2.92. The van der Waals surface area contributed by atoms with E-state index in [9.17, 15) is 4.57 Å². The molecule has 1 rings (SSSR count). The van der Waals surface area contributed by atoms with Gasteiger partial charge in [0.25, 0.3) is 0 Å². The van der Waals surface area contributed by atoms with Gasteiger partial charge in [0.15, 0.2) is 0 Å². The summed E-state index contributed by atoms with van der Waals surface area (Å²) in [6, 6.07) is 9.77. The molecule has 0 unspecified atom stereocenters. The fourth-order valence-electron chi connectivity index (χ4n) is 1.40. The molecule has 0 aliphatic heterocycles. The van der Waals surface area contributed by atoms with Crippen LogP contribution in [0.15, 0.2) is 30.3 Å². The molecule has 1 aromatic carbocycles. The van der Waals surface area contributed by atoms with Crippen molar-refractivity contribution in [2.24, 2.45) is 0 Å². The van der Waals surface area contributed by atoms with Crippen molar-refractivity contribution in [3.05, 3.63) is 35.9 Å². The third-order valence-electron chi connectivity index (χ3n) is 2.40. The molecule has 0 saturated heterocycles. The van der Waals surface area contributed by atoms with Crippen molar-refractivity contribution in [3.8, 4) is 0 Å². The molecule has 0 saturated carbocycles. The predicted molar refractivity (Wildman–Crippen MR) is 109 cm³/mol. The Balaban J connectivity index is -0.000000659. The lowest BCUT2D eigenvalue weighted by molar-refractivity contribution is 0.287. The summed E-state index contributed by atoms with van der Waals surface area (Å²) >= 11 is 0. The van der Waals surface area contributed by atoms with Crippen LogP contribution < -0.4 is 10.2 Å². The molecule has 0 radical (unpaired) electrons. The van der Waals surface area contributed by atoms with Gasteiger partial charge in [-0.15, -0.1) is 0 Å². The summed E-state index contributed by atoms with van der Waals surface area (Å²) in [5.74, 6) is 0. The monoisotopic (exact) mass is 360 g/mol. The lowest BCUT2D eigenvalue weighted by atomic mass is 10.2. The summed E-state index contributed by atoms with van der Waals surface area (Å²) in [6.45, 7) is 17.8. The van der Waals surface area contributed by atoms with Gasteiger partial charge in [-0.25, -0.2) is 10.2 Å². The molecule has 4 nitrogen and oxygen atoms in total. The van der Waals surface area contributed by atoms with Crippen molar-refractivity contribution < 1.29 is 9.09 Å². The van der Waals surface area contributed by atoms with E-state index >= 15 is 0 Å². The van der Waals surface area contributed by atoms with E-state index in [0.29, 0.717) is 19.7 Å². The average molecular weight is 361 g/mol. The van der Waals surface area contributed by atoms with Crippen LogP contribution in [0.3, 0.4) is 0 Å². The van der Waals surface area contributed by atoms with Gasteiger partial charge in [0, 0.05) is 13.1 Å². The van der Waals surface area contributed by atoms with Crippen LogP contribution >= 0.6 is 7.67 Å². The van der Waals surface area contributed by atoms with Crippen molar-refractivity contribution in [1.82, 2.24) is 10.2 Å². The topological polar surface area (TPSA) is 50.4 Å². The van der Waals surface area contributed by atoms with E-state index in [1.807, 2.05) is 85.7 Å². The highest BCUT2D eigenvalue weighted by atomic mass is 31.2. The lowest BCUT2D eigenvalue weighted by Crippen LogP contribution is -2.25. The lowest BCUT2D eigenvalue weighted by Gasteiger charge is -2.20. The molecule has 0 aliphatic rings. The molecule has 2 N–H and O–H groups in total. The van der Waals surface area contributed by atoms with E-state index in [1.54, 1.807) is 0 Å². The molecule has 0 atom stereocenters. The zero-order valence-corrected chi connectivity index (χ0v) is 18.1. The second kappa shape index (κ2) is 22.3. The van der Waals surface area contributed by atoms with Crippen LogP contribution in [0.4, 0.5) is 0 Å². The van der Waals surface area contributed by atoms with Crippen LogP contribution in [0.5, 0.6) is 0 Å². The van der Waals surface area contributed by atoms with Gasteiger partial charge in [-0.05, 0) is 18.4 Å².